The molecule has 1 fully saturated rings. The van der Waals surface area contributed by atoms with E-state index < -0.39 is 10.0 Å². The minimum atomic E-state index is -3.47. The van der Waals surface area contributed by atoms with Gasteiger partial charge in [0.1, 0.15) is 0 Å². The minimum Gasteiger partial charge on any atom is -0.379 e. The number of aliphatic imine (C=N–C) groups is 1. The number of sulfonamides is 1. The van der Waals surface area contributed by atoms with Gasteiger partial charge < -0.3 is 20.1 Å². The first-order chi connectivity index (χ1) is 12.9. The van der Waals surface area contributed by atoms with Crippen LogP contribution in [0.4, 0.5) is 0 Å². The van der Waals surface area contributed by atoms with Gasteiger partial charge in [0.25, 0.3) is 0 Å². The molecule has 1 unspecified atom stereocenters. The van der Waals surface area contributed by atoms with Crippen molar-refractivity contribution in [1.29, 1.82) is 0 Å². The van der Waals surface area contributed by atoms with Crippen molar-refractivity contribution < 1.29 is 17.9 Å². The summed E-state index contributed by atoms with van der Waals surface area (Å²) in [4.78, 5) is 6.28. The highest BCUT2D eigenvalue weighted by Crippen LogP contribution is 2.24. The SMILES string of the molecule is CN=C(NCCCOC1CCOC1)NCCNS(=O)(=O)c1cc(C)sc1C.I. The molecule has 8 nitrogen and oxygen atoms in total. The zero-order chi connectivity index (χ0) is 19.7. The lowest BCUT2D eigenvalue weighted by atomic mass is 10.3. The van der Waals surface area contributed by atoms with Crippen LogP contribution >= 0.6 is 35.3 Å². The van der Waals surface area contributed by atoms with Gasteiger partial charge in [-0.3, -0.25) is 4.99 Å². The molecule has 0 aliphatic carbocycles. The van der Waals surface area contributed by atoms with Gasteiger partial charge in [-0.15, -0.1) is 35.3 Å². The number of halogens is 1. The Hall–Kier alpha value is -0.470. The number of nitrogens with one attached hydrogen (secondary N) is 3. The van der Waals surface area contributed by atoms with Crippen LogP contribution < -0.4 is 15.4 Å². The molecule has 1 aliphatic heterocycles. The van der Waals surface area contributed by atoms with E-state index in [0.717, 1.165) is 35.7 Å². The Bertz CT molecular complexity index is 719. The van der Waals surface area contributed by atoms with Gasteiger partial charge in [0.05, 0.1) is 17.6 Å². The third-order valence-electron chi connectivity index (χ3n) is 4.07. The molecule has 1 aromatic heterocycles. The van der Waals surface area contributed by atoms with E-state index in [4.69, 9.17) is 9.47 Å². The lowest BCUT2D eigenvalue weighted by Gasteiger charge is -2.13. The molecule has 1 saturated heterocycles. The number of rotatable bonds is 10. The Morgan fingerprint density at radius 2 is 2.07 bits per heavy atom. The predicted molar refractivity (Wildman–Crippen MR) is 124 cm³/mol. The maximum atomic E-state index is 12.3. The van der Waals surface area contributed by atoms with E-state index in [1.165, 1.54) is 11.3 Å². The van der Waals surface area contributed by atoms with Gasteiger partial charge in [-0.05, 0) is 32.8 Å². The Balaban J connectivity index is 0.00000392. The van der Waals surface area contributed by atoms with Crippen molar-refractivity contribution in [3.05, 3.63) is 15.8 Å². The molecule has 162 valence electrons. The first kappa shape index (κ1) is 25.6. The lowest BCUT2D eigenvalue weighted by molar-refractivity contribution is 0.0420. The third kappa shape index (κ3) is 8.49. The Labute approximate surface area is 188 Å². The number of aryl methyl sites for hydroxylation is 2. The van der Waals surface area contributed by atoms with Gasteiger partial charge in [-0.2, -0.15) is 0 Å². The predicted octanol–water partition coefficient (Wildman–Crippen LogP) is 1.62. The number of hydrogen-bond donors (Lipinski definition) is 3. The fourth-order valence-electron chi connectivity index (χ4n) is 2.71. The number of ether oxygens (including phenoxy) is 2. The second-order valence-electron chi connectivity index (χ2n) is 6.31. The summed E-state index contributed by atoms with van der Waals surface area (Å²) in [6, 6.07) is 1.70. The summed E-state index contributed by atoms with van der Waals surface area (Å²) in [6.07, 6.45) is 2.06. The number of hydrogen-bond acceptors (Lipinski definition) is 6. The van der Waals surface area contributed by atoms with Crippen LogP contribution in [0.2, 0.25) is 0 Å². The summed E-state index contributed by atoms with van der Waals surface area (Å²) < 4.78 is 38.3. The summed E-state index contributed by atoms with van der Waals surface area (Å²) in [5.74, 6) is 0.640. The topological polar surface area (TPSA) is 101 Å². The van der Waals surface area contributed by atoms with Crippen LogP contribution in [0, 0.1) is 13.8 Å². The molecule has 2 rings (SSSR count). The molecular formula is C17H31IN4O4S2. The first-order valence-electron chi connectivity index (χ1n) is 9.13. The van der Waals surface area contributed by atoms with E-state index in [-0.39, 0.29) is 36.6 Å². The summed E-state index contributed by atoms with van der Waals surface area (Å²) >= 11 is 1.48. The second kappa shape index (κ2) is 13.0. The van der Waals surface area contributed by atoms with Gasteiger partial charge in [0.2, 0.25) is 10.0 Å². The Morgan fingerprint density at radius 3 is 2.68 bits per heavy atom. The van der Waals surface area contributed by atoms with Crippen LogP contribution in [0.5, 0.6) is 0 Å². The van der Waals surface area contributed by atoms with Crippen molar-refractivity contribution in [2.75, 3.05) is 46.5 Å². The molecule has 0 spiro atoms. The maximum Gasteiger partial charge on any atom is 0.241 e. The minimum absolute atomic E-state index is 0. The molecule has 0 amide bonds. The van der Waals surface area contributed by atoms with Gasteiger partial charge >= 0.3 is 0 Å². The van der Waals surface area contributed by atoms with E-state index in [9.17, 15) is 8.42 Å². The number of guanidine groups is 1. The molecule has 0 saturated carbocycles. The average molecular weight is 546 g/mol. The number of nitrogens with zero attached hydrogens (tertiary/aromatic N) is 1. The average Bonchev–Trinajstić information content (AvgIpc) is 3.26. The van der Waals surface area contributed by atoms with Crippen LogP contribution in [0.15, 0.2) is 16.0 Å². The standard InChI is InChI=1S/C17H30N4O4S2.HI/c1-13-11-16(14(2)26-13)27(22,23)21-8-7-20-17(18-3)19-6-4-9-25-15-5-10-24-12-15;/h11,15,21H,4-10,12H2,1-3H3,(H2,18,19,20);1H. The summed E-state index contributed by atoms with van der Waals surface area (Å²) in [5, 5.41) is 6.29. The molecule has 0 aromatic carbocycles. The lowest BCUT2D eigenvalue weighted by Crippen LogP contribution is -2.42. The zero-order valence-electron chi connectivity index (χ0n) is 16.6. The smallest absolute Gasteiger partial charge is 0.241 e. The molecule has 3 N–H and O–H groups in total. The van der Waals surface area contributed by atoms with Crippen LogP contribution in [-0.4, -0.2) is 67.0 Å². The van der Waals surface area contributed by atoms with Crippen molar-refractivity contribution in [3.8, 4) is 0 Å². The summed E-state index contributed by atoms with van der Waals surface area (Å²) in [7, 11) is -1.79. The largest absolute Gasteiger partial charge is 0.379 e. The molecule has 1 atom stereocenters. The highest BCUT2D eigenvalue weighted by molar-refractivity contribution is 14.0. The highest BCUT2D eigenvalue weighted by atomic mass is 127. The fourth-order valence-corrected chi connectivity index (χ4v) is 5.30. The van der Waals surface area contributed by atoms with Gasteiger partial charge in [0, 0.05) is 49.6 Å². The summed E-state index contributed by atoms with van der Waals surface area (Å²) in [5.41, 5.74) is 0. The van der Waals surface area contributed by atoms with Crippen LogP contribution in [-0.2, 0) is 19.5 Å². The molecular weight excluding hydrogens is 515 g/mol. The summed E-state index contributed by atoms with van der Waals surface area (Å²) in [6.45, 7) is 7.33. The first-order valence-corrected chi connectivity index (χ1v) is 11.4. The van der Waals surface area contributed by atoms with Crippen molar-refractivity contribution in [1.82, 2.24) is 15.4 Å². The normalized spacial score (nSPS) is 17.4. The quantitative estimate of drug-likeness (QED) is 0.179. The van der Waals surface area contributed by atoms with Crippen molar-refractivity contribution in [3.63, 3.8) is 0 Å². The van der Waals surface area contributed by atoms with Crippen molar-refractivity contribution >= 4 is 51.3 Å². The highest BCUT2D eigenvalue weighted by Gasteiger charge is 2.18. The van der Waals surface area contributed by atoms with Crippen LogP contribution in [0.25, 0.3) is 0 Å². The van der Waals surface area contributed by atoms with E-state index >= 15 is 0 Å². The van der Waals surface area contributed by atoms with E-state index in [2.05, 4.69) is 20.3 Å². The van der Waals surface area contributed by atoms with Crippen LogP contribution in [0.1, 0.15) is 22.6 Å². The molecule has 0 bridgehead atoms. The molecule has 28 heavy (non-hydrogen) atoms. The van der Waals surface area contributed by atoms with E-state index in [1.54, 1.807) is 13.1 Å². The second-order valence-corrected chi connectivity index (χ2v) is 9.51. The maximum absolute atomic E-state index is 12.3. The zero-order valence-corrected chi connectivity index (χ0v) is 20.6. The Morgan fingerprint density at radius 1 is 1.32 bits per heavy atom. The van der Waals surface area contributed by atoms with Gasteiger partial charge in [-0.25, -0.2) is 13.1 Å². The molecule has 2 heterocycles. The molecule has 11 heteroatoms. The van der Waals surface area contributed by atoms with Crippen LogP contribution in [0.3, 0.4) is 0 Å². The molecule has 0 radical (unpaired) electrons. The third-order valence-corrected chi connectivity index (χ3v) is 6.76. The molecule has 1 aliphatic rings. The van der Waals surface area contributed by atoms with Gasteiger partial charge in [0.15, 0.2) is 5.96 Å². The van der Waals surface area contributed by atoms with E-state index in [0.29, 0.717) is 30.6 Å². The fraction of sp³-hybridized carbons (Fsp3) is 0.706. The monoisotopic (exact) mass is 546 g/mol. The van der Waals surface area contributed by atoms with Crippen molar-refractivity contribution in [2.45, 2.75) is 37.7 Å². The van der Waals surface area contributed by atoms with Crippen molar-refractivity contribution in [2.24, 2.45) is 4.99 Å². The van der Waals surface area contributed by atoms with E-state index in [1.807, 2.05) is 13.8 Å². The number of thiophene rings is 1. The Kier molecular flexibility index (Phi) is 11.8. The van der Waals surface area contributed by atoms with Gasteiger partial charge in [-0.1, -0.05) is 0 Å². The molecule has 1 aromatic rings.